The minimum Gasteiger partial charge on any atom is -1.00 e. The SMILES string of the molecule is C1=NCN=C1.CC(C)(C)n1c(-c2ccccc2-n2nccn2)nc2cc(-c3cnc(N)nc3)ccc21.CC(C)(C)n1c(-c2ccccc2Br)nc2cc(-c3cnc(N)nc3)ccc21.CC(C)(C)n1c(-c2ccccc2N2C=CNN2)nc2cc(-c3cnc(N)nc3)ccc21.O=CO[O-].[Cs+].[Cs+].[H-]. The van der Waals surface area contributed by atoms with Gasteiger partial charge in [-0.05, 0) is 146 Å². The Hall–Kier alpha value is -7.84. The average Bonchev–Trinajstić information content (AvgIpc) is 1.62. The quantitative estimate of drug-likeness (QED) is 0.0648. The summed E-state index contributed by atoms with van der Waals surface area (Å²) in [7, 11) is 0. The molecule has 29 heteroatoms. The van der Waals surface area contributed by atoms with E-state index in [2.05, 4.69) is 237 Å². The average molecular weight is 1640 g/mol. The van der Waals surface area contributed by atoms with E-state index in [0.717, 1.165) is 116 Å². The molecule has 0 fully saturated rings. The van der Waals surface area contributed by atoms with Crippen molar-refractivity contribution in [3.8, 4) is 73.2 Å². The number of hydrogen-bond donors (Lipinski definition) is 5. The van der Waals surface area contributed by atoms with E-state index in [1.165, 1.54) is 0 Å². The second-order valence-electron chi connectivity index (χ2n) is 25.2. The summed E-state index contributed by atoms with van der Waals surface area (Å²) in [5, 5.41) is 19.0. The van der Waals surface area contributed by atoms with Gasteiger partial charge >= 0.3 is 138 Å². The Labute approximate surface area is 704 Å². The van der Waals surface area contributed by atoms with Crippen molar-refractivity contribution in [2.24, 2.45) is 9.98 Å². The van der Waals surface area contributed by atoms with Gasteiger partial charge in [-0.3, -0.25) is 19.8 Å². The molecule has 100 heavy (non-hydrogen) atoms. The van der Waals surface area contributed by atoms with E-state index in [4.69, 9.17) is 42.2 Å². The van der Waals surface area contributed by atoms with Crippen LogP contribution in [0.4, 0.5) is 23.5 Å². The van der Waals surface area contributed by atoms with Gasteiger partial charge in [0, 0.05) is 116 Å². The third-order valence-corrected chi connectivity index (χ3v) is 16.0. The largest absolute Gasteiger partial charge is 1.00 e. The molecule has 0 saturated heterocycles. The molecule has 0 atom stereocenters. The van der Waals surface area contributed by atoms with Gasteiger partial charge < -0.3 is 47.9 Å². The van der Waals surface area contributed by atoms with E-state index < -0.39 is 0 Å². The number of carbonyl (C=O) groups is 1. The van der Waals surface area contributed by atoms with Gasteiger partial charge in [0.1, 0.15) is 24.1 Å². The molecule has 7 aromatic heterocycles. The Morgan fingerprint density at radius 3 is 1.19 bits per heavy atom. The van der Waals surface area contributed by atoms with Crippen molar-refractivity contribution in [3.63, 3.8) is 0 Å². The second kappa shape index (κ2) is 33.8. The smallest absolute Gasteiger partial charge is 1.00 e. The zero-order valence-corrected chi connectivity index (χ0v) is 71.4. The van der Waals surface area contributed by atoms with Gasteiger partial charge in [0.25, 0.3) is 6.47 Å². The topological polar surface area (TPSA) is 341 Å². The van der Waals surface area contributed by atoms with Crippen molar-refractivity contribution in [2.75, 3.05) is 28.9 Å². The van der Waals surface area contributed by atoms with E-state index in [1.54, 1.807) is 66.8 Å². The molecule has 0 aliphatic carbocycles. The number of fused-ring (bicyclic) bond motifs is 3. The molecule has 13 aromatic rings. The van der Waals surface area contributed by atoms with Gasteiger partial charge in [-0.2, -0.15) is 15.0 Å². The first-order valence-electron chi connectivity index (χ1n) is 30.9. The van der Waals surface area contributed by atoms with Crippen molar-refractivity contribution in [1.29, 1.82) is 0 Å². The number of aliphatic imine (C=N–C) groups is 2. The molecule has 8 N–H and O–H groups in total. The summed E-state index contributed by atoms with van der Waals surface area (Å²) in [5.74, 6) is 3.50. The summed E-state index contributed by atoms with van der Waals surface area (Å²) < 4.78 is 7.86. The molecule has 6 aromatic carbocycles. The van der Waals surface area contributed by atoms with Crippen LogP contribution in [-0.4, -0.2) is 99.1 Å². The molecule has 0 unspecified atom stereocenters. The van der Waals surface area contributed by atoms with Crippen molar-refractivity contribution in [1.82, 2.24) is 84.5 Å². The fourth-order valence-corrected chi connectivity index (χ4v) is 11.6. The Morgan fingerprint density at radius 1 is 0.500 bits per heavy atom. The molecular weight excluding hydrogens is 1570 g/mol. The number of hydrogen-bond acceptors (Lipinski definition) is 22. The Balaban J connectivity index is 0.000000179. The second-order valence-corrected chi connectivity index (χ2v) is 26.1. The van der Waals surface area contributed by atoms with Crippen LogP contribution in [0.1, 0.15) is 63.7 Å². The first kappa shape index (κ1) is 76.3. The number of benzene rings is 6. The van der Waals surface area contributed by atoms with Gasteiger partial charge in [-0.15, -0.1) is 5.53 Å². The number of para-hydroxylation sites is 2. The van der Waals surface area contributed by atoms with Crippen molar-refractivity contribution >= 4 is 91.5 Å². The number of rotatable bonds is 9. The van der Waals surface area contributed by atoms with Gasteiger partial charge in [-0.25, -0.2) is 44.9 Å². The van der Waals surface area contributed by atoms with Crippen LogP contribution in [0.2, 0.25) is 0 Å². The normalized spacial score (nSPS) is 12.2. The fraction of sp³-hybridized carbons (Fsp3) is 0.183. The summed E-state index contributed by atoms with van der Waals surface area (Å²) in [6.07, 6.45) is 20.9. The zero-order valence-electron chi connectivity index (χ0n) is 58.2. The fourth-order valence-electron chi connectivity index (χ4n) is 11.1. The van der Waals surface area contributed by atoms with Crippen LogP contribution >= 0.6 is 15.9 Å². The van der Waals surface area contributed by atoms with Gasteiger partial charge in [0.05, 0.1) is 56.9 Å². The van der Waals surface area contributed by atoms with Crippen LogP contribution in [0.5, 0.6) is 0 Å². The molecule has 15 rings (SSSR count). The van der Waals surface area contributed by atoms with Gasteiger partial charge in [0.2, 0.25) is 17.8 Å². The van der Waals surface area contributed by atoms with E-state index in [9.17, 15) is 0 Å². The first-order chi connectivity index (χ1) is 47.1. The number of aromatic nitrogens is 15. The van der Waals surface area contributed by atoms with Crippen LogP contribution in [0.3, 0.4) is 0 Å². The van der Waals surface area contributed by atoms with Crippen LogP contribution in [-0.2, 0) is 26.3 Å². The van der Waals surface area contributed by atoms with Crippen LogP contribution in [0.15, 0.2) is 204 Å². The number of nitrogens with one attached hydrogen (secondary N) is 2. The number of carbonyl (C=O) groups excluding carboxylic acids is 1. The van der Waals surface area contributed by atoms with Gasteiger partial charge in [-0.1, -0.05) is 76.6 Å². The standard InChI is InChI=1S/C23H24N8.C23H22N8.C21H20BrN5.C3H4N2.CH2O3.2Cs.H/c1-23(2,3)31-20-9-8-15(16-13-25-22(24)26-14-16)12-18(20)28-21(31)17-6-4-5-7-19(17)30-11-10-27-29-30;1-23(2,3)30-20-9-8-15(16-13-25-22(24)26-14-16)12-18(20)29-21(30)17-6-4-5-7-19(17)31-27-10-11-28-31;1-21(2,3)27-18-9-8-13(14-11-24-20(23)25-12-14)10-17(18)26-19(27)15-6-4-5-7-16(15)22;1-2-5-3-4-1;2-1-4-3;;;/h4-14,27,29H,1-3H3,(H2,24,25,26);4-14H,1-3H3,(H2,24,25,26);4-12H,1-3H3,(H2,23,24,25);1-2H,3H2;1,3H;;;/q;;;;;2*+1;-1/p-1. The summed E-state index contributed by atoms with van der Waals surface area (Å²) in [4.78, 5) is 60.1. The molecule has 9 heterocycles. The summed E-state index contributed by atoms with van der Waals surface area (Å²) in [6, 6.07) is 43.2. The number of nitrogens with two attached hydrogens (primary N) is 3. The molecule has 0 radical (unpaired) electrons. The van der Waals surface area contributed by atoms with Crippen molar-refractivity contribution in [2.45, 2.75) is 78.9 Å². The molecule has 2 aliphatic heterocycles. The first-order valence-corrected chi connectivity index (χ1v) is 31.7. The molecular formula is C71H72BrCs2N23O3. The molecule has 0 saturated carbocycles. The maximum atomic E-state index is 8.64. The monoisotopic (exact) mass is 1640 g/mol. The maximum Gasteiger partial charge on any atom is 1.00 e. The number of imidazole rings is 3. The Morgan fingerprint density at radius 2 is 0.850 bits per heavy atom. The molecule has 2 aliphatic rings. The number of anilines is 4. The van der Waals surface area contributed by atoms with Gasteiger partial charge in [0.15, 0.2) is 0 Å². The van der Waals surface area contributed by atoms with E-state index >= 15 is 0 Å². The minimum absolute atomic E-state index is 0. The Bertz CT molecular complexity index is 5040. The maximum absolute atomic E-state index is 8.64. The number of nitrogen functional groups attached to an aromatic ring is 3. The number of halogens is 1. The van der Waals surface area contributed by atoms with Crippen LogP contribution < -0.4 is 176 Å². The summed E-state index contributed by atoms with van der Waals surface area (Å²) in [6.45, 7) is 20.1. The Kier molecular flexibility index (Phi) is 25.8. The number of hydrazine groups is 2. The molecule has 0 amide bonds. The summed E-state index contributed by atoms with van der Waals surface area (Å²) >= 11 is 3.67. The molecule has 26 nitrogen and oxygen atoms in total. The predicted octanol–water partition coefficient (Wildman–Crippen LogP) is 5.79. The van der Waals surface area contributed by atoms with Crippen LogP contribution in [0.25, 0.3) is 106 Å². The van der Waals surface area contributed by atoms with Crippen molar-refractivity contribution in [3.05, 3.63) is 194 Å². The minimum atomic E-state index is -0.194. The van der Waals surface area contributed by atoms with Crippen LogP contribution in [0, 0.1) is 0 Å². The van der Waals surface area contributed by atoms with E-state index in [-0.39, 0.29) is 180 Å². The molecule has 0 bridgehead atoms. The van der Waals surface area contributed by atoms with Crippen molar-refractivity contribution < 1.29 is 154 Å². The van der Waals surface area contributed by atoms with E-state index in [0.29, 0.717) is 6.67 Å². The summed E-state index contributed by atoms with van der Waals surface area (Å²) in [5.41, 5.74) is 39.1. The van der Waals surface area contributed by atoms with E-state index in [1.807, 2.05) is 65.9 Å². The third-order valence-electron chi connectivity index (χ3n) is 15.3. The molecule has 498 valence electrons. The zero-order chi connectivity index (χ0) is 69.3. The number of nitrogens with zero attached hydrogens (tertiary/aromatic N) is 18. The molecule has 0 spiro atoms. The predicted molar refractivity (Wildman–Crippen MR) is 387 cm³/mol. The third kappa shape index (κ3) is 17.9.